The van der Waals surface area contributed by atoms with Gasteiger partial charge in [-0.3, -0.25) is 18.6 Å². The van der Waals surface area contributed by atoms with E-state index >= 15 is 0 Å². The van der Waals surface area contributed by atoms with Gasteiger partial charge in [0.05, 0.1) is 6.61 Å². The maximum atomic E-state index is 12.4. The molecular weight excluding hydrogens is 615 g/mol. The van der Waals surface area contributed by atoms with Crippen LogP contribution in [0.1, 0.15) is 168 Å². The highest BCUT2D eigenvalue weighted by Crippen LogP contribution is 2.42. The van der Waals surface area contributed by atoms with Crippen LogP contribution in [0.3, 0.4) is 0 Å². The molecule has 0 saturated heterocycles. The number of carbonyl (C=O) groups excluding carboxylic acids is 2. The van der Waals surface area contributed by atoms with Crippen molar-refractivity contribution in [3.05, 3.63) is 36.5 Å². The molecule has 2 atom stereocenters. The van der Waals surface area contributed by atoms with Crippen LogP contribution in [-0.4, -0.2) is 43.3 Å². The molecule has 47 heavy (non-hydrogen) atoms. The lowest BCUT2D eigenvalue weighted by Gasteiger charge is -2.19. The Hall–Kier alpha value is -1.73. The van der Waals surface area contributed by atoms with Gasteiger partial charge in [-0.15, -0.1) is 0 Å². The third kappa shape index (κ3) is 33.9. The smallest absolute Gasteiger partial charge is 0.462 e. The van der Waals surface area contributed by atoms with E-state index in [2.05, 4.69) is 54.8 Å². The zero-order valence-corrected chi connectivity index (χ0v) is 31.1. The maximum Gasteiger partial charge on any atom is 0.472 e. The van der Waals surface area contributed by atoms with Gasteiger partial charge >= 0.3 is 19.8 Å². The molecule has 0 saturated carbocycles. The second kappa shape index (κ2) is 34.1. The van der Waals surface area contributed by atoms with E-state index in [0.717, 1.165) is 84.2 Å². The van der Waals surface area contributed by atoms with Crippen molar-refractivity contribution >= 4 is 19.8 Å². The Morgan fingerprint density at radius 2 is 1.06 bits per heavy atom. The van der Waals surface area contributed by atoms with Crippen molar-refractivity contribution in [2.24, 2.45) is 0 Å². The molecule has 1 N–H and O–H groups in total. The summed E-state index contributed by atoms with van der Waals surface area (Å²) in [6.07, 6.45) is 37.7. The van der Waals surface area contributed by atoms with Gasteiger partial charge in [-0.05, 0) is 64.2 Å². The highest BCUT2D eigenvalue weighted by atomic mass is 31.2. The standard InChI is InChI=1S/C38H69O8P/c1-4-6-8-10-12-14-16-17-18-19-20-21-22-23-25-27-29-31-33-38(40)46-36(35-45-47(41,42)43-3)34-44-37(39)32-30-28-26-24-15-13-11-9-7-5-2/h9,11,14,16,18-19,36H,4-8,10,12-13,15,17,20-35H2,1-3H3,(H,41,42)/b11-9-,16-14-,19-18-. The third-order valence-electron chi connectivity index (χ3n) is 7.84. The summed E-state index contributed by atoms with van der Waals surface area (Å²) in [7, 11) is -3.20. The Morgan fingerprint density at radius 3 is 1.60 bits per heavy atom. The van der Waals surface area contributed by atoms with Crippen molar-refractivity contribution in [1.29, 1.82) is 0 Å². The lowest BCUT2D eigenvalue weighted by molar-refractivity contribution is -0.161. The number of hydrogen-bond donors (Lipinski definition) is 1. The minimum Gasteiger partial charge on any atom is -0.462 e. The molecule has 0 aromatic carbocycles. The summed E-state index contributed by atoms with van der Waals surface area (Å²) < 4.78 is 31.8. The molecule has 274 valence electrons. The Morgan fingerprint density at radius 1 is 0.596 bits per heavy atom. The van der Waals surface area contributed by atoms with Gasteiger partial charge in [0.1, 0.15) is 6.61 Å². The Labute approximate surface area is 287 Å². The fourth-order valence-corrected chi connectivity index (χ4v) is 5.38. The molecule has 0 aromatic rings. The molecule has 0 rings (SSSR count). The number of carbonyl (C=O) groups is 2. The molecule has 2 unspecified atom stereocenters. The Bertz CT molecular complexity index is 870. The van der Waals surface area contributed by atoms with Crippen molar-refractivity contribution in [2.45, 2.75) is 174 Å². The summed E-state index contributed by atoms with van der Waals surface area (Å²) in [5.74, 6) is -0.827. The monoisotopic (exact) mass is 684 g/mol. The fourth-order valence-electron chi connectivity index (χ4n) is 4.92. The molecule has 8 nitrogen and oxygen atoms in total. The van der Waals surface area contributed by atoms with E-state index in [-0.39, 0.29) is 25.4 Å². The molecule has 0 bridgehead atoms. The zero-order valence-electron chi connectivity index (χ0n) is 30.2. The predicted octanol–water partition coefficient (Wildman–Crippen LogP) is 11.3. The number of phosphoric acid groups is 1. The first-order valence-electron chi connectivity index (χ1n) is 18.7. The molecule has 0 aliphatic rings. The third-order valence-corrected chi connectivity index (χ3v) is 8.77. The van der Waals surface area contributed by atoms with Gasteiger partial charge in [0.15, 0.2) is 6.10 Å². The van der Waals surface area contributed by atoms with Crippen LogP contribution in [0.5, 0.6) is 0 Å². The van der Waals surface area contributed by atoms with E-state index in [4.69, 9.17) is 14.0 Å². The van der Waals surface area contributed by atoms with Gasteiger partial charge in [0, 0.05) is 20.0 Å². The highest BCUT2D eigenvalue weighted by molar-refractivity contribution is 7.47. The van der Waals surface area contributed by atoms with Crippen LogP contribution < -0.4 is 0 Å². The van der Waals surface area contributed by atoms with Crippen molar-refractivity contribution in [1.82, 2.24) is 0 Å². The van der Waals surface area contributed by atoms with Gasteiger partial charge in [-0.2, -0.15) is 0 Å². The average molecular weight is 685 g/mol. The molecule has 0 radical (unpaired) electrons. The zero-order chi connectivity index (χ0) is 34.7. The number of unbranched alkanes of at least 4 members (excludes halogenated alkanes) is 17. The summed E-state index contributed by atoms with van der Waals surface area (Å²) in [6.45, 7) is 3.78. The number of esters is 2. The molecule has 9 heteroatoms. The van der Waals surface area contributed by atoms with Crippen molar-refractivity contribution in [2.75, 3.05) is 20.3 Å². The summed E-state index contributed by atoms with van der Waals surface area (Å²) in [5, 5.41) is 0. The SMILES string of the molecule is CCC/C=C\CCCCCCCC(=O)OCC(COP(=O)(O)OC)OC(=O)CCCCCCCCC/C=C\C/C=C\CCCCCC. The van der Waals surface area contributed by atoms with Crippen LogP contribution in [0, 0.1) is 0 Å². The topological polar surface area (TPSA) is 108 Å². The Balaban J connectivity index is 4.06. The molecule has 0 amide bonds. The molecule has 0 spiro atoms. The molecule has 0 aliphatic heterocycles. The summed E-state index contributed by atoms with van der Waals surface area (Å²) >= 11 is 0. The van der Waals surface area contributed by atoms with Crippen LogP contribution in [-0.2, 0) is 32.7 Å². The number of phosphoric ester groups is 1. The van der Waals surface area contributed by atoms with Crippen LogP contribution >= 0.6 is 7.82 Å². The van der Waals surface area contributed by atoms with E-state index in [1.807, 2.05) is 0 Å². The lowest BCUT2D eigenvalue weighted by Crippen LogP contribution is -2.29. The van der Waals surface area contributed by atoms with E-state index in [1.165, 1.54) is 57.8 Å². The van der Waals surface area contributed by atoms with Crippen molar-refractivity contribution in [3.8, 4) is 0 Å². The first kappa shape index (κ1) is 45.3. The highest BCUT2D eigenvalue weighted by Gasteiger charge is 2.24. The molecule has 0 aliphatic carbocycles. The normalized spacial score (nSPS) is 13.9. The molecule has 0 fully saturated rings. The average Bonchev–Trinajstić information content (AvgIpc) is 3.06. The molecular formula is C38H69O8P. The summed E-state index contributed by atoms with van der Waals surface area (Å²) in [4.78, 5) is 34.2. The minimum absolute atomic E-state index is 0.233. The minimum atomic E-state index is -4.26. The van der Waals surface area contributed by atoms with E-state index in [1.54, 1.807) is 0 Å². The molecule has 0 heterocycles. The van der Waals surface area contributed by atoms with Crippen molar-refractivity contribution < 1.29 is 37.6 Å². The second-order valence-electron chi connectivity index (χ2n) is 12.3. The van der Waals surface area contributed by atoms with Gasteiger partial charge in [0.25, 0.3) is 0 Å². The number of allylic oxidation sites excluding steroid dienone is 6. The van der Waals surface area contributed by atoms with Crippen molar-refractivity contribution in [3.63, 3.8) is 0 Å². The number of hydrogen-bond acceptors (Lipinski definition) is 7. The summed E-state index contributed by atoms with van der Waals surface area (Å²) in [6, 6.07) is 0. The van der Waals surface area contributed by atoms with Crippen LogP contribution in [0.25, 0.3) is 0 Å². The van der Waals surface area contributed by atoms with E-state index in [0.29, 0.717) is 6.42 Å². The first-order chi connectivity index (χ1) is 22.8. The molecule has 0 aromatic heterocycles. The van der Waals surface area contributed by atoms with Gasteiger partial charge in [-0.1, -0.05) is 127 Å². The van der Waals surface area contributed by atoms with Gasteiger partial charge in [-0.25, -0.2) is 4.57 Å². The van der Waals surface area contributed by atoms with Gasteiger partial charge < -0.3 is 14.4 Å². The Kier molecular flexibility index (Phi) is 32.9. The fraction of sp³-hybridized carbons (Fsp3) is 0.789. The summed E-state index contributed by atoms with van der Waals surface area (Å²) in [5.41, 5.74) is 0. The quantitative estimate of drug-likeness (QED) is 0.0309. The maximum absolute atomic E-state index is 12.4. The van der Waals surface area contributed by atoms with E-state index < -0.39 is 26.5 Å². The van der Waals surface area contributed by atoms with E-state index in [9.17, 15) is 19.0 Å². The van der Waals surface area contributed by atoms with Crippen LogP contribution in [0.2, 0.25) is 0 Å². The largest absolute Gasteiger partial charge is 0.472 e. The first-order valence-corrected chi connectivity index (χ1v) is 20.2. The lowest BCUT2D eigenvalue weighted by atomic mass is 10.1. The number of rotatable bonds is 34. The van der Waals surface area contributed by atoms with Crippen LogP contribution in [0.15, 0.2) is 36.5 Å². The number of ether oxygens (including phenoxy) is 2. The van der Waals surface area contributed by atoms with Gasteiger partial charge in [0.2, 0.25) is 0 Å². The predicted molar refractivity (Wildman–Crippen MR) is 193 cm³/mol. The van der Waals surface area contributed by atoms with Crippen LogP contribution in [0.4, 0.5) is 0 Å². The second-order valence-corrected chi connectivity index (χ2v) is 13.9.